The highest BCUT2D eigenvalue weighted by molar-refractivity contribution is 7.12. The van der Waals surface area contributed by atoms with Crippen LogP contribution in [0.15, 0.2) is 46.2 Å². The number of thiophene rings is 1. The van der Waals surface area contributed by atoms with Crippen LogP contribution in [-0.2, 0) is 0 Å². The Morgan fingerprint density at radius 1 is 1.32 bits per heavy atom. The van der Waals surface area contributed by atoms with Gasteiger partial charge in [-0.25, -0.2) is 4.98 Å². The van der Waals surface area contributed by atoms with Crippen molar-refractivity contribution < 1.29 is 9.21 Å². The molecule has 1 aromatic carbocycles. The molecule has 2 aromatic heterocycles. The summed E-state index contributed by atoms with van der Waals surface area (Å²) in [6.07, 6.45) is 0. The number of hydrogen-bond acceptors (Lipinski definition) is 5. The molecule has 0 amide bonds. The highest BCUT2D eigenvalue weighted by Crippen LogP contribution is 2.25. The van der Waals surface area contributed by atoms with E-state index >= 15 is 0 Å². The summed E-state index contributed by atoms with van der Waals surface area (Å²) in [4.78, 5) is 16.9. The number of carbonyl (C=O) groups is 1. The molecule has 4 nitrogen and oxygen atoms in total. The Hall–Kier alpha value is -2.45. The van der Waals surface area contributed by atoms with Crippen molar-refractivity contribution >= 4 is 28.2 Å². The number of ketones is 1. The van der Waals surface area contributed by atoms with E-state index in [1.807, 2.05) is 18.2 Å². The van der Waals surface area contributed by atoms with Gasteiger partial charge in [-0.3, -0.25) is 4.79 Å². The zero-order valence-electron chi connectivity index (χ0n) is 9.74. The number of benzene rings is 1. The average Bonchev–Trinajstić information content (AvgIpc) is 3.08. The summed E-state index contributed by atoms with van der Waals surface area (Å²) < 4.78 is 5.49. The summed E-state index contributed by atoms with van der Waals surface area (Å²) in [6, 6.07) is 12.6. The number of oxazole rings is 1. The van der Waals surface area contributed by atoms with Crippen LogP contribution in [0.4, 0.5) is 0 Å². The van der Waals surface area contributed by atoms with Gasteiger partial charge >= 0.3 is 0 Å². The van der Waals surface area contributed by atoms with Crippen molar-refractivity contribution in [2.24, 2.45) is 0 Å². The number of nitriles is 1. The van der Waals surface area contributed by atoms with Gasteiger partial charge in [0, 0.05) is 0 Å². The lowest BCUT2D eigenvalue weighted by molar-refractivity contribution is 0.0974. The van der Waals surface area contributed by atoms with Crippen LogP contribution in [-0.4, -0.2) is 10.8 Å². The molecule has 0 spiro atoms. The van der Waals surface area contributed by atoms with Crippen molar-refractivity contribution in [1.82, 2.24) is 4.98 Å². The number of Topliss-reactive ketones (excluding diaryl/α,β-unsaturated/α-hetero) is 1. The van der Waals surface area contributed by atoms with Gasteiger partial charge in [-0.2, -0.15) is 5.26 Å². The third kappa shape index (κ3) is 2.02. The number of fused-ring (bicyclic) bond motifs is 1. The molecule has 2 heterocycles. The van der Waals surface area contributed by atoms with Gasteiger partial charge in [0.2, 0.25) is 5.89 Å². The van der Waals surface area contributed by atoms with Crippen LogP contribution in [0.1, 0.15) is 21.5 Å². The van der Waals surface area contributed by atoms with E-state index in [0.29, 0.717) is 16.0 Å². The van der Waals surface area contributed by atoms with Crippen LogP contribution in [0.25, 0.3) is 11.1 Å². The van der Waals surface area contributed by atoms with Crippen molar-refractivity contribution in [2.75, 3.05) is 0 Å². The highest BCUT2D eigenvalue weighted by Gasteiger charge is 2.27. The number of aromatic nitrogens is 1. The number of carbonyl (C=O) groups excluding carboxylic acids is 1. The van der Waals surface area contributed by atoms with Crippen molar-refractivity contribution in [3.63, 3.8) is 0 Å². The van der Waals surface area contributed by atoms with Crippen LogP contribution in [0.5, 0.6) is 0 Å². The molecule has 0 saturated heterocycles. The van der Waals surface area contributed by atoms with E-state index in [2.05, 4.69) is 4.98 Å². The van der Waals surface area contributed by atoms with E-state index < -0.39 is 5.92 Å². The fourth-order valence-corrected chi connectivity index (χ4v) is 2.50. The molecule has 5 heteroatoms. The fourth-order valence-electron chi connectivity index (χ4n) is 1.80. The van der Waals surface area contributed by atoms with E-state index in [4.69, 9.17) is 4.42 Å². The van der Waals surface area contributed by atoms with Crippen LogP contribution in [0.2, 0.25) is 0 Å². The lowest BCUT2D eigenvalue weighted by atomic mass is 10.1. The number of nitrogens with zero attached hydrogens (tertiary/aromatic N) is 2. The van der Waals surface area contributed by atoms with E-state index in [0.717, 1.165) is 0 Å². The Morgan fingerprint density at radius 2 is 2.16 bits per heavy atom. The molecule has 0 aliphatic heterocycles. The Labute approximate surface area is 112 Å². The zero-order valence-corrected chi connectivity index (χ0v) is 10.6. The minimum atomic E-state index is -0.994. The SMILES string of the molecule is N#C[C@H](C(=O)c1cccs1)c1nc2ccccc2o1. The first-order chi connectivity index (χ1) is 9.29. The van der Waals surface area contributed by atoms with E-state index in [-0.39, 0.29) is 11.7 Å². The van der Waals surface area contributed by atoms with Gasteiger partial charge in [0.1, 0.15) is 5.52 Å². The van der Waals surface area contributed by atoms with Gasteiger partial charge in [-0.1, -0.05) is 18.2 Å². The molecule has 0 unspecified atom stereocenters. The van der Waals surface area contributed by atoms with Crippen LogP contribution >= 0.6 is 11.3 Å². The molecule has 1 atom stereocenters. The van der Waals surface area contributed by atoms with Gasteiger partial charge in [0.15, 0.2) is 17.3 Å². The minimum Gasteiger partial charge on any atom is -0.439 e. The predicted molar refractivity (Wildman–Crippen MR) is 71.0 cm³/mol. The molecular weight excluding hydrogens is 260 g/mol. The quantitative estimate of drug-likeness (QED) is 0.683. The second-order valence-electron chi connectivity index (χ2n) is 3.92. The van der Waals surface area contributed by atoms with Crippen molar-refractivity contribution in [1.29, 1.82) is 5.26 Å². The lowest BCUT2D eigenvalue weighted by Crippen LogP contribution is -2.10. The summed E-state index contributed by atoms with van der Waals surface area (Å²) in [6.45, 7) is 0. The Balaban J connectivity index is 2.03. The molecule has 0 aliphatic rings. The smallest absolute Gasteiger partial charge is 0.220 e. The van der Waals surface area contributed by atoms with Gasteiger partial charge in [0.25, 0.3) is 0 Å². The van der Waals surface area contributed by atoms with Gasteiger partial charge in [-0.15, -0.1) is 11.3 Å². The number of para-hydroxylation sites is 2. The summed E-state index contributed by atoms with van der Waals surface area (Å²) in [5, 5.41) is 11.0. The molecule has 0 saturated carbocycles. The molecule has 0 radical (unpaired) electrons. The van der Waals surface area contributed by atoms with Crippen molar-refractivity contribution in [2.45, 2.75) is 5.92 Å². The third-order valence-electron chi connectivity index (χ3n) is 2.71. The maximum atomic E-state index is 12.2. The molecule has 0 N–H and O–H groups in total. The van der Waals surface area contributed by atoms with Gasteiger partial charge < -0.3 is 4.42 Å². The fraction of sp³-hybridized carbons (Fsp3) is 0.0714. The van der Waals surface area contributed by atoms with Crippen molar-refractivity contribution in [3.8, 4) is 6.07 Å². The largest absolute Gasteiger partial charge is 0.439 e. The highest BCUT2D eigenvalue weighted by atomic mass is 32.1. The summed E-state index contributed by atoms with van der Waals surface area (Å²) >= 11 is 1.31. The molecule has 3 aromatic rings. The zero-order chi connectivity index (χ0) is 13.2. The van der Waals surface area contributed by atoms with Crippen molar-refractivity contribution in [3.05, 3.63) is 52.5 Å². The maximum absolute atomic E-state index is 12.2. The Kier molecular flexibility index (Phi) is 2.86. The lowest BCUT2D eigenvalue weighted by Gasteiger charge is -2.00. The first-order valence-electron chi connectivity index (χ1n) is 5.62. The van der Waals surface area contributed by atoms with E-state index in [1.165, 1.54) is 11.3 Å². The molecule has 19 heavy (non-hydrogen) atoms. The van der Waals surface area contributed by atoms with Crippen LogP contribution < -0.4 is 0 Å². The van der Waals surface area contributed by atoms with E-state index in [9.17, 15) is 10.1 Å². The second-order valence-corrected chi connectivity index (χ2v) is 4.87. The number of rotatable bonds is 3. The second kappa shape index (κ2) is 4.67. The number of hydrogen-bond donors (Lipinski definition) is 0. The van der Waals surface area contributed by atoms with Gasteiger partial charge in [-0.05, 0) is 23.6 Å². The minimum absolute atomic E-state index is 0.155. The Bertz CT molecular complexity index is 735. The first-order valence-corrected chi connectivity index (χ1v) is 6.50. The first kappa shape index (κ1) is 11.6. The third-order valence-corrected chi connectivity index (χ3v) is 3.60. The average molecular weight is 268 g/mol. The van der Waals surface area contributed by atoms with Crippen LogP contribution in [0.3, 0.4) is 0 Å². The molecule has 3 rings (SSSR count). The summed E-state index contributed by atoms with van der Waals surface area (Å²) in [5.41, 5.74) is 1.23. The topological polar surface area (TPSA) is 66.9 Å². The summed E-state index contributed by atoms with van der Waals surface area (Å²) in [7, 11) is 0. The normalized spacial score (nSPS) is 12.2. The maximum Gasteiger partial charge on any atom is 0.220 e. The molecule has 92 valence electrons. The molecular formula is C14H8N2O2S. The van der Waals surface area contributed by atoms with E-state index in [1.54, 1.807) is 29.6 Å². The Morgan fingerprint density at radius 3 is 2.84 bits per heavy atom. The standard InChI is InChI=1S/C14H8N2O2S/c15-8-9(13(17)12-6-3-7-19-12)14-16-10-4-1-2-5-11(10)18-14/h1-7,9H/t9-/m1/s1. The monoisotopic (exact) mass is 268 g/mol. The van der Waals surface area contributed by atoms with Crippen LogP contribution in [0, 0.1) is 11.3 Å². The molecule has 0 aliphatic carbocycles. The molecule has 0 fully saturated rings. The predicted octanol–water partition coefficient (Wildman–Crippen LogP) is 3.38. The molecule has 0 bridgehead atoms. The van der Waals surface area contributed by atoms with Gasteiger partial charge in [0.05, 0.1) is 10.9 Å². The summed E-state index contributed by atoms with van der Waals surface area (Å²) in [5.74, 6) is -1.11.